The quantitative estimate of drug-likeness (QED) is 0.844. The van der Waals surface area contributed by atoms with Gasteiger partial charge in [-0.05, 0) is 25.0 Å². The van der Waals surface area contributed by atoms with E-state index < -0.39 is 22.0 Å². The molecule has 0 amide bonds. The average molecular weight is 312 g/mol. The van der Waals surface area contributed by atoms with Crippen LogP contribution in [0.25, 0.3) is 0 Å². The monoisotopic (exact) mass is 311 g/mol. The van der Waals surface area contributed by atoms with E-state index in [-0.39, 0.29) is 10.6 Å². The molecule has 5 nitrogen and oxygen atoms in total. The van der Waals surface area contributed by atoms with Crippen LogP contribution in [0.5, 0.6) is 0 Å². The normalized spacial score (nSPS) is 13.5. The van der Waals surface area contributed by atoms with Crippen molar-refractivity contribution in [3.63, 3.8) is 0 Å². The van der Waals surface area contributed by atoms with Gasteiger partial charge in [-0.2, -0.15) is 4.72 Å². The smallest absolute Gasteiger partial charge is 0.321 e. The summed E-state index contributed by atoms with van der Waals surface area (Å²) in [5.74, 6) is -1.18. The van der Waals surface area contributed by atoms with Crippen LogP contribution in [0.1, 0.15) is 25.3 Å². The number of aryl methyl sites for hydroxylation is 1. The summed E-state index contributed by atoms with van der Waals surface area (Å²) >= 11 is 6.72. The third-order valence-electron chi connectivity index (χ3n) is 2.27. The van der Waals surface area contributed by atoms with Crippen LogP contribution in [-0.4, -0.2) is 25.5 Å². The summed E-state index contributed by atoms with van der Waals surface area (Å²) in [6, 6.07) is 0.321. The molecule has 0 aliphatic heterocycles. The summed E-state index contributed by atoms with van der Waals surface area (Å²) < 4.78 is 26.5. The van der Waals surface area contributed by atoms with Gasteiger partial charge in [0.25, 0.3) is 10.0 Å². The van der Waals surface area contributed by atoms with Crippen LogP contribution in [0.15, 0.2) is 10.3 Å². The molecule has 102 valence electrons. The Hall–Kier alpha value is -0.630. The Labute approximate surface area is 115 Å². The lowest BCUT2D eigenvalue weighted by atomic mass is 10.2. The lowest BCUT2D eigenvalue weighted by molar-refractivity contribution is -0.139. The highest BCUT2D eigenvalue weighted by Crippen LogP contribution is 2.30. The molecule has 0 aliphatic rings. The molecule has 1 aromatic rings. The van der Waals surface area contributed by atoms with E-state index in [0.29, 0.717) is 16.3 Å². The van der Waals surface area contributed by atoms with Gasteiger partial charge in [-0.15, -0.1) is 11.3 Å². The van der Waals surface area contributed by atoms with Crippen LogP contribution < -0.4 is 4.72 Å². The number of hydrogen-bond donors (Lipinski definition) is 2. The van der Waals surface area contributed by atoms with Gasteiger partial charge in [0, 0.05) is 0 Å². The molecule has 0 bridgehead atoms. The predicted molar refractivity (Wildman–Crippen MR) is 70.7 cm³/mol. The topological polar surface area (TPSA) is 83.5 Å². The van der Waals surface area contributed by atoms with Crippen molar-refractivity contribution in [1.82, 2.24) is 4.72 Å². The standard InChI is InChI=1S/C10H14ClNO4S2/c1-3-4-7(10(13)14)12-18(15,16)8-5-6(2)9(11)17-8/h5,7,12H,3-4H2,1-2H3,(H,13,14)/t7-/m1/s1. The van der Waals surface area contributed by atoms with E-state index in [1.165, 1.54) is 6.07 Å². The van der Waals surface area contributed by atoms with Gasteiger partial charge in [0.15, 0.2) is 0 Å². The van der Waals surface area contributed by atoms with Crippen LogP contribution in [0.3, 0.4) is 0 Å². The molecule has 0 aromatic carbocycles. The fraction of sp³-hybridized carbons (Fsp3) is 0.500. The SMILES string of the molecule is CCC[C@@H](NS(=O)(=O)c1cc(C)c(Cl)s1)C(=O)O. The van der Waals surface area contributed by atoms with Crippen molar-refractivity contribution in [3.05, 3.63) is 16.0 Å². The molecule has 1 atom stereocenters. The van der Waals surface area contributed by atoms with Gasteiger partial charge in [0.1, 0.15) is 10.3 Å². The van der Waals surface area contributed by atoms with Crippen LogP contribution in [0.4, 0.5) is 0 Å². The van der Waals surface area contributed by atoms with Crippen molar-refractivity contribution in [1.29, 1.82) is 0 Å². The second-order valence-corrected chi connectivity index (χ2v) is 7.42. The minimum atomic E-state index is -3.83. The molecule has 18 heavy (non-hydrogen) atoms. The van der Waals surface area contributed by atoms with Crippen LogP contribution >= 0.6 is 22.9 Å². The van der Waals surface area contributed by atoms with Gasteiger partial charge in [0.2, 0.25) is 0 Å². The molecule has 0 radical (unpaired) electrons. The molecular weight excluding hydrogens is 298 g/mol. The molecule has 2 N–H and O–H groups in total. The Bertz CT molecular complexity index is 519. The molecule has 1 rings (SSSR count). The maximum Gasteiger partial charge on any atom is 0.321 e. The number of carbonyl (C=O) groups is 1. The first-order chi connectivity index (χ1) is 8.27. The number of carboxylic acid groups (broad SMARTS) is 1. The number of hydrogen-bond acceptors (Lipinski definition) is 4. The minimum absolute atomic E-state index is 0.0346. The second-order valence-electron chi connectivity index (χ2n) is 3.82. The van der Waals surface area contributed by atoms with Crippen molar-refractivity contribution >= 4 is 38.9 Å². The molecule has 1 aromatic heterocycles. The fourth-order valence-electron chi connectivity index (χ4n) is 1.33. The molecule has 0 spiro atoms. The average Bonchev–Trinajstić information content (AvgIpc) is 2.59. The van der Waals surface area contributed by atoms with Crippen LogP contribution in [-0.2, 0) is 14.8 Å². The summed E-state index contributed by atoms with van der Waals surface area (Å²) in [5.41, 5.74) is 0.657. The number of thiophene rings is 1. The predicted octanol–water partition coefficient (Wildman–Crippen LogP) is 2.24. The van der Waals surface area contributed by atoms with E-state index in [2.05, 4.69) is 4.72 Å². The molecular formula is C10H14ClNO4S2. The van der Waals surface area contributed by atoms with E-state index >= 15 is 0 Å². The number of carboxylic acids is 1. The summed E-state index contributed by atoms with van der Waals surface area (Å²) in [6.07, 6.45) is 0.816. The van der Waals surface area contributed by atoms with Gasteiger partial charge in [0.05, 0.1) is 4.34 Å². The lowest BCUT2D eigenvalue weighted by Crippen LogP contribution is -2.40. The van der Waals surface area contributed by atoms with Crippen molar-refractivity contribution in [2.75, 3.05) is 0 Å². The fourth-order valence-corrected chi connectivity index (χ4v) is 4.28. The molecule has 0 aliphatic carbocycles. The highest BCUT2D eigenvalue weighted by atomic mass is 35.5. The van der Waals surface area contributed by atoms with Crippen molar-refractivity contribution < 1.29 is 18.3 Å². The molecule has 0 fully saturated rings. The highest BCUT2D eigenvalue weighted by Gasteiger charge is 2.26. The number of rotatable bonds is 6. The van der Waals surface area contributed by atoms with E-state index in [1.54, 1.807) is 13.8 Å². The zero-order valence-electron chi connectivity index (χ0n) is 9.94. The third-order valence-corrected chi connectivity index (χ3v) is 5.77. The highest BCUT2D eigenvalue weighted by molar-refractivity contribution is 7.91. The number of halogens is 1. The van der Waals surface area contributed by atoms with Gasteiger partial charge >= 0.3 is 5.97 Å². The third kappa shape index (κ3) is 3.68. The summed E-state index contributed by atoms with van der Waals surface area (Å²) in [5, 5.41) is 8.92. The Morgan fingerprint density at radius 3 is 2.61 bits per heavy atom. The van der Waals surface area contributed by atoms with E-state index in [1.807, 2.05) is 0 Å². The van der Waals surface area contributed by atoms with E-state index in [4.69, 9.17) is 16.7 Å². The van der Waals surface area contributed by atoms with Gasteiger partial charge in [-0.1, -0.05) is 24.9 Å². The Morgan fingerprint density at radius 2 is 2.22 bits per heavy atom. The Balaban J connectivity index is 2.96. The minimum Gasteiger partial charge on any atom is -0.480 e. The first kappa shape index (κ1) is 15.4. The second kappa shape index (κ2) is 6.01. The number of sulfonamides is 1. The summed E-state index contributed by atoms with van der Waals surface area (Å²) in [6.45, 7) is 3.48. The largest absolute Gasteiger partial charge is 0.480 e. The van der Waals surface area contributed by atoms with Crippen molar-refractivity contribution in [3.8, 4) is 0 Å². The molecule has 0 unspecified atom stereocenters. The van der Waals surface area contributed by atoms with Crippen LogP contribution in [0.2, 0.25) is 4.34 Å². The first-order valence-corrected chi connectivity index (χ1v) is 7.96. The molecule has 0 saturated carbocycles. The van der Waals surface area contributed by atoms with Crippen molar-refractivity contribution in [2.24, 2.45) is 0 Å². The molecule has 0 saturated heterocycles. The zero-order chi connectivity index (χ0) is 13.9. The van der Waals surface area contributed by atoms with Crippen molar-refractivity contribution in [2.45, 2.75) is 36.9 Å². The first-order valence-electron chi connectivity index (χ1n) is 5.29. The number of aliphatic carboxylic acids is 1. The number of nitrogens with one attached hydrogen (secondary N) is 1. The van der Waals surface area contributed by atoms with Gasteiger partial charge in [-0.3, -0.25) is 4.79 Å². The van der Waals surface area contributed by atoms with E-state index in [0.717, 1.165) is 11.3 Å². The van der Waals surface area contributed by atoms with E-state index in [9.17, 15) is 13.2 Å². The maximum atomic E-state index is 12.0. The lowest BCUT2D eigenvalue weighted by Gasteiger charge is -2.12. The molecule has 8 heteroatoms. The van der Waals surface area contributed by atoms with Gasteiger partial charge < -0.3 is 5.11 Å². The molecule has 1 heterocycles. The Morgan fingerprint density at radius 1 is 1.61 bits per heavy atom. The van der Waals surface area contributed by atoms with Crippen LogP contribution in [0, 0.1) is 6.92 Å². The zero-order valence-corrected chi connectivity index (χ0v) is 12.3. The summed E-state index contributed by atoms with van der Waals surface area (Å²) in [4.78, 5) is 10.9. The summed E-state index contributed by atoms with van der Waals surface area (Å²) in [7, 11) is -3.83. The van der Waals surface area contributed by atoms with Gasteiger partial charge in [-0.25, -0.2) is 8.42 Å². The maximum absolute atomic E-state index is 12.0. The Kier molecular flexibility index (Phi) is 5.15.